The Morgan fingerprint density at radius 3 is 2.69 bits per heavy atom. The second-order valence-corrected chi connectivity index (χ2v) is 11.5. The van der Waals surface area contributed by atoms with Gasteiger partial charge in [0.2, 0.25) is 5.91 Å². The van der Waals surface area contributed by atoms with Crippen LogP contribution in [-0.4, -0.2) is 31.4 Å². The minimum absolute atomic E-state index is 0.116. The Labute approximate surface area is 225 Å². The summed E-state index contributed by atoms with van der Waals surface area (Å²) in [6.45, 7) is 0. The van der Waals surface area contributed by atoms with Gasteiger partial charge >= 0.3 is 0 Å². The predicted octanol–water partition coefficient (Wildman–Crippen LogP) is 6.35. The van der Waals surface area contributed by atoms with E-state index in [0.29, 0.717) is 10.8 Å². The first-order valence-corrected chi connectivity index (χ1v) is 14.1. The number of hydrogen-bond acceptors (Lipinski definition) is 8. The number of anilines is 2. The van der Waals surface area contributed by atoms with Crippen molar-refractivity contribution in [3.8, 4) is 11.4 Å². The van der Waals surface area contributed by atoms with Gasteiger partial charge < -0.3 is 15.6 Å². The molecule has 0 aliphatic rings. The fourth-order valence-electron chi connectivity index (χ4n) is 3.45. The fraction of sp³-hybridized carbons (Fsp3) is 0.120. The third-order valence-corrected chi connectivity index (χ3v) is 8.90. The van der Waals surface area contributed by atoms with Crippen molar-refractivity contribution in [1.29, 1.82) is 0 Å². The molecular weight excluding hydrogens is 532 g/mol. The number of thiazole rings is 1. The molecule has 2 heterocycles. The summed E-state index contributed by atoms with van der Waals surface area (Å²) in [5.74, 6) is 1.57. The number of carbonyl (C=O) groups is 1. The van der Waals surface area contributed by atoms with E-state index in [1.54, 1.807) is 23.1 Å². The van der Waals surface area contributed by atoms with E-state index in [-0.39, 0.29) is 11.7 Å². The van der Waals surface area contributed by atoms with Crippen molar-refractivity contribution in [1.82, 2.24) is 19.7 Å². The van der Waals surface area contributed by atoms with Crippen LogP contribution in [0.1, 0.15) is 5.56 Å². The van der Waals surface area contributed by atoms with Gasteiger partial charge in [-0.05, 0) is 54.1 Å². The Morgan fingerprint density at radius 2 is 1.89 bits per heavy atom. The lowest BCUT2D eigenvalue weighted by Crippen LogP contribution is -2.14. The first kappa shape index (κ1) is 24.6. The van der Waals surface area contributed by atoms with Crippen molar-refractivity contribution < 1.29 is 4.79 Å². The maximum absolute atomic E-state index is 12.6. The molecule has 0 aliphatic heterocycles. The molecule has 3 aromatic carbocycles. The van der Waals surface area contributed by atoms with Crippen molar-refractivity contribution in [2.45, 2.75) is 15.2 Å². The number of nitrogen functional groups attached to an aromatic ring is 1. The highest BCUT2D eigenvalue weighted by Crippen LogP contribution is 2.34. The van der Waals surface area contributed by atoms with Crippen molar-refractivity contribution >= 4 is 74.0 Å². The summed E-state index contributed by atoms with van der Waals surface area (Å²) in [5.41, 5.74) is 10.1. The molecule has 0 aliphatic carbocycles. The van der Waals surface area contributed by atoms with E-state index in [1.165, 1.54) is 11.8 Å². The van der Waals surface area contributed by atoms with Crippen molar-refractivity contribution in [2.24, 2.45) is 7.05 Å². The van der Waals surface area contributed by atoms with E-state index in [4.69, 9.17) is 22.3 Å². The van der Waals surface area contributed by atoms with Crippen LogP contribution in [0, 0.1) is 0 Å². The Hall–Kier alpha value is -3.05. The number of fused-ring (bicyclic) bond motifs is 1. The molecule has 182 valence electrons. The number of nitrogens with zero attached hydrogens (tertiary/aromatic N) is 4. The third-order valence-electron chi connectivity index (χ3n) is 5.30. The lowest BCUT2D eigenvalue weighted by Gasteiger charge is -2.06. The van der Waals surface area contributed by atoms with Crippen molar-refractivity contribution in [3.05, 3.63) is 77.3 Å². The SMILES string of the molecule is Cn1c(SCC(=O)Nc2ccc3nc(SCc4ccccc4Cl)sc3c2)nnc1-c1ccc(N)cc1. The van der Waals surface area contributed by atoms with Crippen LogP contribution in [0.5, 0.6) is 0 Å². The number of hydrogen-bond donors (Lipinski definition) is 2. The average molecular weight is 553 g/mol. The number of carbonyl (C=O) groups excluding carboxylic acids is 1. The zero-order chi connectivity index (χ0) is 25.1. The van der Waals surface area contributed by atoms with Gasteiger partial charge in [-0.1, -0.05) is 53.3 Å². The molecule has 7 nitrogen and oxygen atoms in total. The van der Waals surface area contributed by atoms with Crippen LogP contribution in [0.4, 0.5) is 11.4 Å². The van der Waals surface area contributed by atoms with E-state index in [0.717, 1.165) is 48.0 Å². The number of thioether (sulfide) groups is 2. The normalized spacial score (nSPS) is 11.2. The molecule has 2 aromatic heterocycles. The maximum Gasteiger partial charge on any atom is 0.234 e. The zero-order valence-corrected chi connectivity index (χ0v) is 22.3. The molecule has 3 N–H and O–H groups in total. The van der Waals surface area contributed by atoms with Crippen molar-refractivity contribution in [3.63, 3.8) is 0 Å². The number of nitrogens with two attached hydrogens (primary N) is 1. The van der Waals surface area contributed by atoms with Gasteiger partial charge in [-0.2, -0.15) is 0 Å². The van der Waals surface area contributed by atoms with Crippen LogP contribution in [0.2, 0.25) is 5.02 Å². The summed E-state index contributed by atoms with van der Waals surface area (Å²) in [4.78, 5) is 17.3. The van der Waals surface area contributed by atoms with Gasteiger partial charge in [-0.15, -0.1) is 21.5 Å². The summed E-state index contributed by atoms with van der Waals surface area (Å²) >= 11 is 10.8. The largest absolute Gasteiger partial charge is 0.399 e. The molecule has 5 aromatic rings. The molecule has 1 amide bonds. The molecule has 0 saturated carbocycles. The Bertz CT molecular complexity index is 1530. The van der Waals surface area contributed by atoms with E-state index in [2.05, 4.69) is 15.5 Å². The molecule has 0 radical (unpaired) electrons. The zero-order valence-electron chi connectivity index (χ0n) is 19.1. The highest BCUT2D eigenvalue weighted by molar-refractivity contribution is 8.00. The van der Waals surface area contributed by atoms with E-state index >= 15 is 0 Å². The summed E-state index contributed by atoms with van der Waals surface area (Å²) in [5, 5.41) is 12.9. The maximum atomic E-state index is 12.6. The molecule has 11 heteroatoms. The van der Waals surface area contributed by atoms with E-state index in [9.17, 15) is 4.79 Å². The molecule has 0 unspecified atom stereocenters. The minimum Gasteiger partial charge on any atom is -0.399 e. The smallest absolute Gasteiger partial charge is 0.234 e. The second kappa shape index (κ2) is 10.9. The summed E-state index contributed by atoms with van der Waals surface area (Å²) < 4.78 is 3.85. The molecule has 0 bridgehead atoms. The molecule has 0 saturated heterocycles. The number of rotatable bonds is 8. The van der Waals surface area contributed by atoms with Gasteiger partial charge in [0.05, 0.1) is 16.0 Å². The van der Waals surface area contributed by atoms with Crippen LogP contribution in [-0.2, 0) is 17.6 Å². The van der Waals surface area contributed by atoms with Gasteiger partial charge in [-0.3, -0.25) is 4.79 Å². The predicted molar refractivity (Wildman–Crippen MR) is 151 cm³/mol. The molecule has 0 fully saturated rings. The number of amides is 1. The Morgan fingerprint density at radius 1 is 1.08 bits per heavy atom. The van der Waals surface area contributed by atoms with Crippen LogP contribution in [0.3, 0.4) is 0 Å². The van der Waals surface area contributed by atoms with Gasteiger partial charge in [0.25, 0.3) is 0 Å². The van der Waals surface area contributed by atoms with Gasteiger partial charge in [0.1, 0.15) is 0 Å². The van der Waals surface area contributed by atoms with Gasteiger partial charge in [0.15, 0.2) is 15.3 Å². The Balaban J connectivity index is 1.19. The van der Waals surface area contributed by atoms with Gasteiger partial charge in [-0.25, -0.2) is 4.98 Å². The van der Waals surface area contributed by atoms with Crippen molar-refractivity contribution in [2.75, 3.05) is 16.8 Å². The van der Waals surface area contributed by atoms with E-state index < -0.39 is 0 Å². The minimum atomic E-state index is -0.116. The van der Waals surface area contributed by atoms with Gasteiger partial charge in [0, 0.05) is 34.8 Å². The monoisotopic (exact) mass is 552 g/mol. The highest BCUT2D eigenvalue weighted by Gasteiger charge is 2.14. The topological polar surface area (TPSA) is 98.7 Å². The third kappa shape index (κ3) is 5.67. The Kier molecular flexibility index (Phi) is 7.47. The highest BCUT2D eigenvalue weighted by atomic mass is 35.5. The van der Waals surface area contributed by atoms with Crippen LogP contribution in [0.25, 0.3) is 21.6 Å². The second-order valence-electron chi connectivity index (χ2n) is 7.87. The first-order valence-electron chi connectivity index (χ1n) is 10.9. The van der Waals surface area contributed by atoms with Crippen LogP contribution < -0.4 is 11.1 Å². The standard InChI is InChI=1S/C25H21ClN6OS3/c1-32-23(15-6-8-17(27)9-7-15)30-31-24(32)34-14-22(33)28-18-10-11-20-21(12-18)36-25(29-20)35-13-16-4-2-3-5-19(16)26/h2-12H,13-14,27H2,1H3,(H,28,33). The number of aromatic nitrogens is 4. The molecular formula is C25H21ClN6OS3. The van der Waals surface area contributed by atoms with Crippen LogP contribution in [0.15, 0.2) is 76.2 Å². The lowest BCUT2D eigenvalue weighted by molar-refractivity contribution is -0.113. The molecule has 0 spiro atoms. The molecule has 0 atom stereocenters. The summed E-state index contributed by atoms with van der Waals surface area (Å²) in [7, 11) is 1.88. The summed E-state index contributed by atoms with van der Waals surface area (Å²) in [6, 6.07) is 21.0. The average Bonchev–Trinajstić information content (AvgIpc) is 3.45. The summed E-state index contributed by atoms with van der Waals surface area (Å²) in [6.07, 6.45) is 0. The number of benzene rings is 3. The first-order chi connectivity index (χ1) is 17.5. The number of nitrogens with one attached hydrogen (secondary N) is 1. The van der Waals surface area contributed by atoms with Crippen LogP contribution >= 0.6 is 46.5 Å². The number of halogens is 1. The molecule has 5 rings (SSSR count). The quantitative estimate of drug-likeness (QED) is 0.171. The fourth-order valence-corrected chi connectivity index (χ4v) is 6.55. The van der Waals surface area contributed by atoms with E-state index in [1.807, 2.05) is 78.3 Å². The molecule has 36 heavy (non-hydrogen) atoms. The lowest BCUT2D eigenvalue weighted by atomic mass is 10.2.